The summed E-state index contributed by atoms with van der Waals surface area (Å²) in [7, 11) is 1.87. The van der Waals surface area contributed by atoms with Gasteiger partial charge < -0.3 is 5.32 Å². The van der Waals surface area contributed by atoms with Gasteiger partial charge in [-0.2, -0.15) is 5.10 Å². The van der Waals surface area contributed by atoms with Crippen molar-refractivity contribution in [1.82, 2.24) is 35.1 Å². The third kappa shape index (κ3) is 2.94. The van der Waals surface area contributed by atoms with Crippen molar-refractivity contribution in [2.75, 3.05) is 0 Å². The standard InChI is InChI=1S/C17H21N7/c1-12(17-19-11-23(2)21-17)18-10-15-16(13-8-9-13)24(22-20-15)14-6-4-3-5-7-14/h3-7,11-13,18H,8-10H2,1-2H3. The summed E-state index contributed by atoms with van der Waals surface area (Å²) < 4.78 is 3.70. The molecular weight excluding hydrogens is 302 g/mol. The Labute approximate surface area is 140 Å². The summed E-state index contributed by atoms with van der Waals surface area (Å²) in [5.41, 5.74) is 3.32. The highest BCUT2D eigenvalue weighted by atomic mass is 15.4. The van der Waals surface area contributed by atoms with Crippen molar-refractivity contribution in [3.8, 4) is 5.69 Å². The molecular formula is C17H21N7. The van der Waals surface area contributed by atoms with E-state index in [1.807, 2.05) is 29.9 Å². The lowest BCUT2D eigenvalue weighted by molar-refractivity contribution is 0.534. The maximum atomic E-state index is 4.43. The fourth-order valence-electron chi connectivity index (χ4n) is 2.87. The van der Waals surface area contributed by atoms with Crippen LogP contribution in [0.15, 0.2) is 36.7 Å². The molecule has 0 saturated heterocycles. The predicted molar refractivity (Wildman–Crippen MR) is 89.6 cm³/mol. The summed E-state index contributed by atoms with van der Waals surface area (Å²) in [4.78, 5) is 4.30. The van der Waals surface area contributed by atoms with Gasteiger partial charge in [-0.05, 0) is 31.9 Å². The van der Waals surface area contributed by atoms with Crippen LogP contribution in [0.5, 0.6) is 0 Å². The van der Waals surface area contributed by atoms with Crippen molar-refractivity contribution in [2.24, 2.45) is 7.05 Å². The first-order valence-corrected chi connectivity index (χ1v) is 8.31. The van der Waals surface area contributed by atoms with Gasteiger partial charge in [0.05, 0.1) is 17.4 Å². The van der Waals surface area contributed by atoms with E-state index < -0.39 is 0 Å². The van der Waals surface area contributed by atoms with Crippen LogP contribution in [-0.4, -0.2) is 29.8 Å². The molecule has 2 heterocycles. The molecule has 3 aromatic rings. The van der Waals surface area contributed by atoms with E-state index in [0.29, 0.717) is 12.5 Å². The summed E-state index contributed by atoms with van der Waals surface area (Å²) >= 11 is 0. The highest BCUT2D eigenvalue weighted by Gasteiger charge is 2.31. The Morgan fingerprint density at radius 3 is 2.71 bits per heavy atom. The minimum atomic E-state index is 0.0696. The Kier molecular flexibility index (Phi) is 3.86. The Morgan fingerprint density at radius 1 is 1.25 bits per heavy atom. The van der Waals surface area contributed by atoms with E-state index in [0.717, 1.165) is 17.2 Å². The lowest BCUT2D eigenvalue weighted by atomic mass is 10.2. The number of aromatic nitrogens is 6. The molecule has 124 valence electrons. The molecule has 24 heavy (non-hydrogen) atoms. The zero-order valence-corrected chi connectivity index (χ0v) is 13.9. The van der Waals surface area contributed by atoms with Gasteiger partial charge in [0.1, 0.15) is 12.0 Å². The van der Waals surface area contributed by atoms with Crippen LogP contribution in [0.3, 0.4) is 0 Å². The molecule has 1 aromatic carbocycles. The molecule has 7 nitrogen and oxygen atoms in total. The van der Waals surface area contributed by atoms with Gasteiger partial charge in [-0.3, -0.25) is 4.68 Å². The molecule has 1 atom stereocenters. The molecule has 1 aliphatic rings. The molecule has 7 heteroatoms. The largest absolute Gasteiger partial charge is 0.302 e. The number of benzene rings is 1. The van der Waals surface area contributed by atoms with E-state index >= 15 is 0 Å². The first-order valence-electron chi connectivity index (χ1n) is 8.31. The summed E-state index contributed by atoms with van der Waals surface area (Å²) in [6, 6.07) is 10.3. The first kappa shape index (κ1) is 15.0. The normalized spacial score (nSPS) is 15.6. The maximum absolute atomic E-state index is 4.43. The van der Waals surface area contributed by atoms with Gasteiger partial charge in [-0.15, -0.1) is 5.10 Å². The van der Waals surface area contributed by atoms with Gasteiger partial charge in [-0.1, -0.05) is 23.4 Å². The van der Waals surface area contributed by atoms with E-state index in [-0.39, 0.29) is 6.04 Å². The maximum Gasteiger partial charge on any atom is 0.167 e. The molecule has 4 rings (SSSR count). The van der Waals surface area contributed by atoms with Crippen molar-refractivity contribution in [1.29, 1.82) is 0 Å². The molecule has 1 N–H and O–H groups in total. The molecule has 0 spiro atoms. The van der Waals surface area contributed by atoms with Crippen LogP contribution < -0.4 is 5.32 Å². The zero-order chi connectivity index (χ0) is 16.5. The van der Waals surface area contributed by atoms with Gasteiger partial charge in [0.15, 0.2) is 5.82 Å². The number of hydrogen-bond donors (Lipinski definition) is 1. The van der Waals surface area contributed by atoms with Gasteiger partial charge in [0.25, 0.3) is 0 Å². The second-order valence-electron chi connectivity index (χ2n) is 6.32. The Hall–Kier alpha value is -2.54. The van der Waals surface area contributed by atoms with E-state index in [4.69, 9.17) is 0 Å². The van der Waals surface area contributed by atoms with E-state index in [1.54, 1.807) is 11.0 Å². The lowest BCUT2D eigenvalue weighted by Gasteiger charge is -2.11. The van der Waals surface area contributed by atoms with Crippen molar-refractivity contribution >= 4 is 0 Å². The summed E-state index contributed by atoms with van der Waals surface area (Å²) in [6.07, 6.45) is 4.14. The van der Waals surface area contributed by atoms with Crippen LogP contribution in [0.2, 0.25) is 0 Å². The van der Waals surface area contributed by atoms with Crippen molar-refractivity contribution in [2.45, 2.75) is 38.3 Å². The van der Waals surface area contributed by atoms with Gasteiger partial charge in [0.2, 0.25) is 0 Å². The molecule has 2 aromatic heterocycles. The third-order valence-electron chi connectivity index (χ3n) is 4.32. The molecule has 1 saturated carbocycles. The average molecular weight is 323 g/mol. The number of hydrogen-bond acceptors (Lipinski definition) is 5. The van der Waals surface area contributed by atoms with Crippen LogP contribution in [-0.2, 0) is 13.6 Å². The second kappa shape index (κ2) is 6.16. The van der Waals surface area contributed by atoms with Crippen molar-refractivity contribution < 1.29 is 0 Å². The highest BCUT2D eigenvalue weighted by Crippen LogP contribution is 2.42. The molecule has 1 unspecified atom stereocenters. The minimum Gasteiger partial charge on any atom is -0.302 e. The summed E-state index contributed by atoms with van der Waals surface area (Å²) in [5.74, 6) is 1.36. The summed E-state index contributed by atoms with van der Waals surface area (Å²) in [5, 5.41) is 16.6. The van der Waals surface area contributed by atoms with E-state index in [1.165, 1.54) is 18.5 Å². The molecule has 0 radical (unpaired) electrons. The fourth-order valence-corrected chi connectivity index (χ4v) is 2.87. The predicted octanol–water partition coefficient (Wildman–Crippen LogP) is 2.12. The highest BCUT2D eigenvalue weighted by molar-refractivity contribution is 5.35. The molecule has 0 amide bonds. The fraction of sp³-hybridized carbons (Fsp3) is 0.412. The number of para-hydroxylation sites is 1. The van der Waals surface area contributed by atoms with E-state index in [9.17, 15) is 0 Å². The number of aryl methyl sites for hydroxylation is 1. The second-order valence-corrected chi connectivity index (χ2v) is 6.32. The van der Waals surface area contributed by atoms with Crippen LogP contribution >= 0.6 is 0 Å². The van der Waals surface area contributed by atoms with Crippen LogP contribution in [0, 0.1) is 0 Å². The number of rotatable bonds is 6. The average Bonchev–Trinajstić information content (AvgIpc) is 3.20. The minimum absolute atomic E-state index is 0.0696. The Bertz CT molecular complexity index is 817. The van der Waals surface area contributed by atoms with Gasteiger partial charge >= 0.3 is 0 Å². The quantitative estimate of drug-likeness (QED) is 0.752. The molecule has 1 aliphatic carbocycles. The first-order chi connectivity index (χ1) is 11.7. The van der Waals surface area contributed by atoms with Crippen molar-refractivity contribution in [3.63, 3.8) is 0 Å². The number of nitrogens with one attached hydrogen (secondary N) is 1. The lowest BCUT2D eigenvalue weighted by Crippen LogP contribution is -2.20. The molecule has 0 bridgehead atoms. The zero-order valence-electron chi connectivity index (χ0n) is 13.9. The van der Waals surface area contributed by atoms with Gasteiger partial charge in [0, 0.05) is 19.5 Å². The third-order valence-corrected chi connectivity index (χ3v) is 4.32. The smallest absolute Gasteiger partial charge is 0.167 e. The summed E-state index contributed by atoms with van der Waals surface area (Å²) in [6.45, 7) is 2.73. The molecule has 0 aliphatic heterocycles. The molecule has 1 fully saturated rings. The van der Waals surface area contributed by atoms with Crippen LogP contribution in [0.4, 0.5) is 0 Å². The van der Waals surface area contributed by atoms with Crippen molar-refractivity contribution in [3.05, 3.63) is 53.9 Å². The topological polar surface area (TPSA) is 73.5 Å². The Morgan fingerprint density at radius 2 is 2.04 bits per heavy atom. The SMILES string of the molecule is CC(NCc1nnn(-c2ccccc2)c1C1CC1)c1ncn(C)n1. The van der Waals surface area contributed by atoms with Crippen LogP contribution in [0.1, 0.15) is 48.9 Å². The van der Waals surface area contributed by atoms with Gasteiger partial charge in [-0.25, -0.2) is 9.67 Å². The monoisotopic (exact) mass is 323 g/mol. The number of nitrogens with zero attached hydrogens (tertiary/aromatic N) is 6. The Balaban J connectivity index is 1.54. The van der Waals surface area contributed by atoms with Crippen LogP contribution in [0.25, 0.3) is 5.69 Å². The van der Waals surface area contributed by atoms with E-state index in [2.05, 4.69) is 44.8 Å².